The molecule has 0 radical (unpaired) electrons. The predicted octanol–water partition coefficient (Wildman–Crippen LogP) is 4.22. The molecule has 1 aliphatic carbocycles. The monoisotopic (exact) mass is 329 g/mol. The average molecular weight is 329 g/mol. The Morgan fingerprint density at radius 1 is 1.39 bits per heavy atom. The van der Waals surface area contributed by atoms with Crippen molar-refractivity contribution in [1.29, 1.82) is 0 Å². The first-order valence-corrected chi connectivity index (χ1v) is 9.23. The average Bonchev–Trinajstić information content (AvgIpc) is 3.32. The summed E-state index contributed by atoms with van der Waals surface area (Å²) in [5, 5.41) is 19.5. The molecule has 1 aromatic carbocycles. The minimum atomic E-state index is -0.170. The lowest BCUT2D eigenvalue weighted by Crippen LogP contribution is -2.22. The molecule has 1 aromatic heterocycles. The summed E-state index contributed by atoms with van der Waals surface area (Å²) in [6, 6.07) is 6.46. The first-order chi connectivity index (χ1) is 11.2. The molecule has 0 atom stereocenters. The van der Waals surface area contributed by atoms with E-state index in [1.807, 2.05) is 28.5 Å². The standard InChI is InChI=1S/C17H19N3O2S/c1-2-10-3-6-14-13(7-10)15(18-19-16(21)11-4-5-11)17(22)20(14)12-8-23-9-12/h3,6-7,11-12,22H,2,4-5,8-9H2,1H3. The molecule has 1 saturated carbocycles. The zero-order chi connectivity index (χ0) is 16.0. The molecule has 2 heterocycles. The number of carbonyl (C=O) groups excluding carboxylic acids is 1. The molecule has 1 saturated heterocycles. The fourth-order valence-corrected chi connectivity index (χ4v) is 3.65. The molecule has 0 bridgehead atoms. The van der Waals surface area contributed by atoms with E-state index in [0.717, 1.165) is 41.7 Å². The summed E-state index contributed by atoms with van der Waals surface area (Å²) in [4.78, 5) is 11.8. The van der Waals surface area contributed by atoms with E-state index in [1.165, 1.54) is 5.56 Å². The van der Waals surface area contributed by atoms with E-state index in [1.54, 1.807) is 0 Å². The SMILES string of the molecule is CCc1ccc2c(c1)c(N=NC(=O)C1CC1)c(O)n2C1CSC1. The third kappa shape index (κ3) is 2.55. The number of rotatable bonds is 4. The van der Waals surface area contributed by atoms with Crippen LogP contribution < -0.4 is 0 Å². The van der Waals surface area contributed by atoms with Gasteiger partial charge in [-0.25, -0.2) is 0 Å². The van der Waals surface area contributed by atoms with Crippen molar-refractivity contribution in [3.8, 4) is 5.88 Å². The van der Waals surface area contributed by atoms with Crippen LogP contribution in [0.4, 0.5) is 5.69 Å². The van der Waals surface area contributed by atoms with Crippen LogP contribution in [-0.4, -0.2) is 27.1 Å². The number of azo groups is 1. The van der Waals surface area contributed by atoms with Crippen LogP contribution in [0, 0.1) is 5.92 Å². The summed E-state index contributed by atoms with van der Waals surface area (Å²) in [7, 11) is 0. The quantitative estimate of drug-likeness (QED) is 0.854. The number of aromatic nitrogens is 1. The molecule has 4 rings (SSSR count). The van der Waals surface area contributed by atoms with Gasteiger partial charge in [0, 0.05) is 22.8 Å². The van der Waals surface area contributed by atoms with Crippen LogP contribution in [0.25, 0.3) is 10.9 Å². The highest BCUT2D eigenvalue weighted by atomic mass is 32.2. The zero-order valence-corrected chi connectivity index (χ0v) is 13.8. The Labute approximate surface area is 138 Å². The number of carbonyl (C=O) groups is 1. The Balaban J connectivity index is 1.82. The molecule has 120 valence electrons. The number of benzene rings is 1. The third-order valence-electron chi connectivity index (χ3n) is 4.58. The van der Waals surface area contributed by atoms with Crippen molar-refractivity contribution in [2.24, 2.45) is 16.1 Å². The van der Waals surface area contributed by atoms with Crippen LogP contribution in [0.3, 0.4) is 0 Å². The maximum absolute atomic E-state index is 11.8. The lowest BCUT2D eigenvalue weighted by molar-refractivity contribution is -0.119. The maximum atomic E-state index is 11.8. The van der Waals surface area contributed by atoms with Crippen LogP contribution in [0.2, 0.25) is 0 Å². The number of aryl methyl sites for hydroxylation is 1. The molecular formula is C17H19N3O2S. The molecule has 2 aliphatic rings. The Morgan fingerprint density at radius 3 is 2.78 bits per heavy atom. The smallest absolute Gasteiger partial charge is 0.267 e. The van der Waals surface area contributed by atoms with Crippen LogP contribution in [0.15, 0.2) is 28.4 Å². The summed E-state index contributed by atoms with van der Waals surface area (Å²) in [5.41, 5.74) is 2.58. The zero-order valence-electron chi connectivity index (χ0n) is 13.0. The van der Waals surface area contributed by atoms with E-state index in [2.05, 4.69) is 23.2 Å². The first-order valence-electron chi connectivity index (χ1n) is 8.08. The Morgan fingerprint density at radius 2 is 2.17 bits per heavy atom. The molecule has 1 aliphatic heterocycles. The summed E-state index contributed by atoms with van der Waals surface area (Å²) in [5.74, 6) is 1.99. The summed E-state index contributed by atoms with van der Waals surface area (Å²) < 4.78 is 1.95. The molecule has 23 heavy (non-hydrogen) atoms. The van der Waals surface area contributed by atoms with E-state index in [9.17, 15) is 9.90 Å². The van der Waals surface area contributed by atoms with Gasteiger partial charge < -0.3 is 9.67 Å². The Bertz CT molecular complexity index is 804. The van der Waals surface area contributed by atoms with Gasteiger partial charge in [0.2, 0.25) is 5.88 Å². The van der Waals surface area contributed by atoms with Gasteiger partial charge in [0.1, 0.15) is 0 Å². The van der Waals surface area contributed by atoms with Gasteiger partial charge in [-0.3, -0.25) is 4.79 Å². The molecule has 0 spiro atoms. The topological polar surface area (TPSA) is 66.9 Å². The normalized spacial score (nSPS) is 18.7. The number of aromatic hydroxyl groups is 1. The number of fused-ring (bicyclic) bond motifs is 1. The molecule has 1 amide bonds. The van der Waals surface area contributed by atoms with Gasteiger partial charge in [-0.2, -0.15) is 11.8 Å². The minimum Gasteiger partial charge on any atom is -0.493 e. The van der Waals surface area contributed by atoms with Crippen molar-refractivity contribution in [2.45, 2.75) is 32.2 Å². The molecule has 2 fully saturated rings. The Hall–Kier alpha value is -1.82. The number of nitrogens with zero attached hydrogens (tertiary/aromatic N) is 3. The number of thioether (sulfide) groups is 1. The van der Waals surface area contributed by atoms with Crippen molar-refractivity contribution >= 4 is 34.3 Å². The highest BCUT2D eigenvalue weighted by molar-refractivity contribution is 8.00. The van der Waals surface area contributed by atoms with Gasteiger partial charge >= 0.3 is 0 Å². The van der Waals surface area contributed by atoms with Gasteiger partial charge in [0.05, 0.1) is 11.6 Å². The van der Waals surface area contributed by atoms with Crippen LogP contribution in [0.5, 0.6) is 5.88 Å². The molecule has 2 aromatic rings. The second-order valence-electron chi connectivity index (χ2n) is 6.25. The fourth-order valence-electron chi connectivity index (χ4n) is 2.90. The van der Waals surface area contributed by atoms with Crippen molar-refractivity contribution in [2.75, 3.05) is 11.5 Å². The minimum absolute atomic E-state index is 0.0449. The van der Waals surface area contributed by atoms with Gasteiger partial charge in [0.15, 0.2) is 5.69 Å². The predicted molar refractivity (Wildman–Crippen MR) is 91.6 cm³/mol. The van der Waals surface area contributed by atoms with E-state index in [0.29, 0.717) is 5.69 Å². The van der Waals surface area contributed by atoms with E-state index >= 15 is 0 Å². The highest BCUT2D eigenvalue weighted by Crippen LogP contribution is 2.45. The largest absolute Gasteiger partial charge is 0.493 e. The summed E-state index contributed by atoms with van der Waals surface area (Å²) in [6.45, 7) is 2.10. The fraction of sp³-hybridized carbons (Fsp3) is 0.471. The molecule has 0 unspecified atom stereocenters. The molecule has 1 N–H and O–H groups in total. The lowest BCUT2D eigenvalue weighted by Gasteiger charge is -2.27. The van der Waals surface area contributed by atoms with E-state index < -0.39 is 0 Å². The van der Waals surface area contributed by atoms with E-state index in [4.69, 9.17) is 0 Å². The first kappa shape index (κ1) is 14.8. The van der Waals surface area contributed by atoms with Gasteiger partial charge in [-0.05, 0) is 37.0 Å². The number of amides is 1. The third-order valence-corrected chi connectivity index (χ3v) is 5.83. The lowest BCUT2D eigenvalue weighted by atomic mass is 10.1. The maximum Gasteiger partial charge on any atom is 0.267 e. The molecule has 5 nitrogen and oxygen atoms in total. The summed E-state index contributed by atoms with van der Waals surface area (Å²) in [6.07, 6.45) is 2.73. The van der Waals surface area contributed by atoms with Crippen LogP contribution in [0.1, 0.15) is 31.4 Å². The van der Waals surface area contributed by atoms with Gasteiger partial charge in [-0.1, -0.05) is 13.0 Å². The highest BCUT2D eigenvalue weighted by Gasteiger charge is 2.31. The second-order valence-corrected chi connectivity index (χ2v) is 7.33. The van der Waals surface area contributed by atoms with Crippen molar-refractivity contribution in [1.82, 2.24) is 4.57 Å². The number of hydrogen-bond acceptors (Lipinski definition) is 4. The summed E-state index contributed by atoms with van der Waals surface area (Å²) >= 11 is 1.86. The van der Waals surface area contributed by atoms with Crippen molar-refractivity contribution < 1.29 is 9.90 Å². The molecule has 6 heteroatoms. The van der Waals surface area contributed by atoms with E-state index in [-0.39, 0.29) is 23.7 Å². The van der Waals surface area contributed by atoms with Crippen molar-refractivity contribution in [3.05, 3.63) is 23.8 Å². The van der Waals surface area contributed by atoms with Crippen molar-refractivity contribution in [3.63, 3.8) is 0 Å². The van der Waals surface area contributed by atoms with Gasteiger partial charge in [-0.15, -0.1) is 10.2 Å². The van der Waals surface area contributed by atoms with Crippen LogP contribution >= 0.6 is 11.8 Å². The molecular weight excluding hydrogens is 310 g/mol. The van der Waals surface area contributed by atoms with Crippen LogP contribution in [-0.2, 0) is 11.2 Å². The number of hydrogen-bond donors (Lipinski definition) is 1. The Kier molecular flexibility index (Phi) is 3.64. The second kappa shape index (κ2) is 5.67. The van der Waals surface area contributed by atoms with Gasteiger partial charge in [0.25, 0.3) is 5.91 Å².